The summed E-state index contributed by atoms with van der Waals surface area (Å²) in [6, 6.07) is 25.9. The summed E-state index contributed by atoms with van der Waals surface area (Å²) in [5.74, 6) is 0.572. The van der Waals surface area contributed by atoms with E-state index in [1.54, 1.807) is 6.08 Å². The highest BCUT2D eigenvalue weighted by Crippen LogP contribution is 2.36. The quantitative estimate of drug-likeness (QED) is 0.418. The Hall–Kier alpha value is -3.86. The largest absolute Gasteiger partial charge is 0.457 e. The van der Waals surface area contributed by atoms with E-state index in [9.17, 15) is 9.59 Å². The van der Waals surface area contributed by atoms with Crippen LogP contribution in [0.15, 0.2) is 97.6 Å². The first-order valence-corrected chi connectivity index (χ1v) is 10.6. The van der Waals surface area contributed by atoms with Gasteiger partial charge in [0.15, 0.2) is 0 Å². The zero-order valence-corrected chi connectivity index (χ0v) is 17.9. The molecule has 0 aliphatic carbocycles. The van der Waals surface area contributed by atoms with Gasteiger partial charge >= 0.3 is 6.09 Å². The molecule has 5 nitrogen and oxygen atoms in total. The third kappa shape index (κ3) is 4.42. The summed E-state index contributed by atoms with van der Waals surface area (Å²) in [4.78, 5) is 27.3. The minimum atomic E-state index is -0.616. The zero-order valence-electron chi connectivity index (χ0n) is 17.9. The second kappa shape index (κ2) is 9.52. The lowest BCUT2D eigenvalue weighted by atomic mass is 9.93. The molecule has 1 heterocycles. The van der Waals surface area contributed by atoms with Gasteiger partial charge in [-0.1, -0.05) is 66.7 Å². The average Bonchev–Trinajstić information content (AvgIpc) is 3.13. The van der Waals surface area contributed by atoms with Gasteiger partial charge in [0, 0.05) is 0 Å². The Kier molecular flexibility index (Phi) is 6.36. The van der Waals surface area contributed by atoms with Crippen LogP contribution in [0.25, 0.3) is 0 Å². The van der Waals surface area contributed by atoms with E-state index >= 15 is 0 Å². The normalized spacial score (nSPS) is 18.7. The summed E-state index contributed by atoms with van der Waals surface area (Å²) in [5, 5.41) is 0. The highest BCUT2D eigenvalue weighted by molar-refractivity contribution is 5.97. The fourth-order valence-corrected chi connectivity index (χ4v) is 3.95. The van der Waals surface area contributed by atoms with Gasteiger partial charge in [0.05, 0.1) is 12.0 Å². The number of imide groups is 1. The van der Waals surface area contributed by atoms with Crippen LogP contribution in [0.5, 0.6) is 11.5 Å². The number of carbonyl (C=O) groups excluding carboxylic acids is 2. The molecule has 0 spiro atoms. The van der Waals surface area contributed by atoms with E-state index in [0.717, 1.165) is 16.9 Å². The Morgan fingerprint density at radius 1 is 1.00 bits per heavy atom. The summed E-state index contributed by atoms with van der Waals surface area (Å²) in [6.45, 7) is 5.63. The molecule has 4 rings (SSSR count). The Balaban J connectivity index is 1.53. The molecule has 1 aliphatic rings. The third-order valence-corrected chi connectivity index (χ3v) is 5.60. The second-order valence-corrected chi connectivity index (χ2v) is 7.72. The maximum atomic E-state index is 13.5. The maximum Gasteiger partial charge on any atom is 0.417 e. The van der Waals surface area contributed by atoms with Crippen molar-refractivity contribution in [1.82, 2.24) is 4.90 Å². The average molecular weight is 428 g/mol. The molecule has 0 unspecified atom stereocenters. The van der Waals surface area contributed by atoms with E-state index in [2.05, 4.69) is 6.58 Å². The van der Waals surface area contributed by atoms with Crippen LogP contribution in [-0.2, 0) is 9.53 Å². The second-order valence-electron chi connectivity index (χ2n) is 7.72. The minimum Gasteiger partial charge on any atom is -0.457 e. The summed E-state index contributed by atoms with van der Waals surface area (Å²) in [6.07, 6.45) is 0.996. The topological polar surface area (TPSA) is 55.8 Å². The summed E-state index contributed by atoms with van der Waals surface area (Å²) < 4.78 is 11.4. The number of carbonyl (C=O) groups is 2. The SMILES string of the molecule is C=CC[C@@H](C(=O)N1C(=O)O[C@@H](c2ccccc2)[C@H]1C)c1ccc(Oc2ccccc2)cc1. The highest BCUT2D eigenvalue weighted by Gasteiger charge is 2.45. The van der Waals surface area contributed by atoms with Crippen LogP contribution >= 0.6 is 0 Å². The third-order valence-electron chi connectivity index (χ3n) is 5.60. The first kappa shape index (κ1) is 21.4. The maximum absolute atomic E-state index is 13.5. The van der Waals surface area contributed by atoms with Crippen molar-refractivity contribution in [3.8, 4) is 11.5 Å². The molecular formula is C27H25NO4. The van der Waals surface area contributed by atoms with Crippen molar-refractivity contribution in [3.63, 3.8) is 0 Å². The molecule has 3 aromatic rings. The molecule has 32 heavy (non-hydrogen) atoms. The molecule has 0 radical (unpaired) electrons. The number of amides is 2. The number of benzene rings is 3. The van der Waals surface area contributed by atoms with Crippen molar-refractivity contribution in [2.24, 2.45) is 0 Å². The molecule has 1 saturated heterocycles. The van der Waals surface area contributed by atoms with Crippen LogP contribution in [0.4, 0.5) is 4.79 Å². The monoisotopic (exact) mass is 427 g/mol. The number of hydrogen-bond acceptors (Lipinski definition) is 4. The molecule has 3 aromatic carbocycles. The van der Waals surface area contributed by atoms with Gasteiger partial charge in [0.1, 0.15) is 17.6 Å². The number of nitrogens with zero attached hydrogens (tertiary/aromatic N) is 1. The first-order chi connectivity index (χ1) is 15.6. The smallest absolute Gasteiger partial charge is 0.417 e. The van der Waals surface area contributed by atoms with E-state index in [1.807, 2.05) is 91.9 Å². The van der Waals surface area contributed by atoms with E-state index in [1.165, 1.54) is 4.90 Å². The lowest BCUT2D eigenvalue weighted by Gasteiger charge is -2.24. The predicted molar refractivity (Wildman–Crippen MR) is 122 cm³/mol. The van der Waals surface area contributed by atoms with Crippen LogP contribution in [-0.4, -0.2) is 22.9 Å². The van der Waals surface area contributed by atoms with Crippen molar-refractivity contribution in [2.75, 3.05) is 0 Å². The van der Waals surface area contributed by atoms with Crippen molar-refractivity contribution < 1.29 is 19.1 Å². The van der Waals surface area contributed by atoms with E-state index < -0.39 is 24.2 Å². The van der Waals surface area contributed by atoms with Gasteiger partial charge in [-0.25, -0.2) is 9.69 Å². The van der Waals surface area contributed by atoms with Crippen LogP contribution in [0.3, 0.4) is 0 Å². The van der Waals surface area contributed by atoms with Crippen molar-refractivity contribution >= 4 is 12.0 Å². The zero-order chi connectivity index (χ0) is 22.5. The Morgan fingerprint density at radius 3 is 2.22 bits per heavy atom. The molecule has 0 bridgehead atoms. The fourth-order valence-electron chi connectivity index (χ4n) is 3.95. The lowest BCUT2D eigenvalue weighted by Crippen LogP contribution is -2.40. The van der Waals surface area contributed by atoms with Crippen LogP contribution < -0.4 is 4.74 Å². The van der Waals surface area contributed by atoms with Gasteiger partial charge in [-0.05, 0) is 48.7 Å². The number of cyclic esters (lactones) is 1. The van der Waals surface area contributed by atoms with E-state index in [4.69, 9.17) is 9.47 Å². The van der Waals surface area contributed by atoms with Crippen molar-refractivity contribution in [1.29, 1.82) is 0 Å². The van der Waals surface area contributed by atoms with E-state index in [0.29, 0.717) is 12.2 Å². The number of allylic oxidation sites excluding steroid dienone is 1. The molecule has 0 aromatic heterocycles. The van der Waals surface area contributed by atoms with Crippen molar-refractivity contribution in [3.05, 3.63) is 109 Å². The Morgan fingerprint density at radius 2 is 1.59 bits per heavy atom. The predicted octanol–water partition coefficient (Wildman–Crippen LogP) is 6.25. The number of para-hydroxylation sites is 1. The van der Waals surface area contributed by atoms with Gasteiger partial charge in [-0.3, -0.25) is 4.79 Å². The minimum absolute atomic E-state index is 0.294. The molecule has 3 atom stereocenters. The molecule has 5 heteroatoms. The number of hydrogen-bond donors (Lipinski definition) is 0. The molecule has 0 saturated carbocycles. The van der Waals surface area contributed by atoms with Gasteiger partial charge in [-0.15, -0.1) is 6.58 Å². The lowest BCUT2D eigenvalue weighted by molar-refractivity contribution is -0.130. The molecule has 162 valence electrons. The summed E-state index contributed by atoms with van der Waals surface area (Å²) in [5.41, 5.74) is 1.66. The molecule has 1 fully saturated rings. The van der Waals surface area contributed by atoms with Crippen molar-refractivity contribution in [2.45, 2.75) is 31.4 Å². The van der Waals surface area contributed by atoms with Gasteiger partial charge in [0.2, 0.25) is 5.91 Å². The van der Waals surface area contributed by atoms with E-state index in [-0.39, 0.29) is 5.91 Å². The highest BCUT2D eigenvalue weighted by atomic mass is 16.6. The molecule has 0 N–H and O–H groups in total. The van der Waals surface area contributed by atoms with Crippen LogP contribution in [0, 0.1) is 0 Å². The summed E-state index contributed by atoms with van der Waals surface area (Å²) >= 11 is 0. The first-order valence-electron chi connectivity index (χ1n) is 10.6. The fraction of sp³-hybridized carbons (Fsp3) is 0.185. The van der Waals surface area contributed by atoms with Gasteiger partial charge in [0.25, 0.3) is 0 Å². The Labute approximate surface area is 187 Å². The molecule has 1 aliphatic heterocycles. The van der Waals surface area contributed by atoms with Crippen LogP contribution in [0.1, 0.15) is 36.5 Å². The van der Waals surface area contributed by atoms with Gasteiger partial charge < -0.3 is 9.47 Å². The molecule has 2 amide bonds. The standard InChI is InChI=1S/C27H25NO4/c1-3-10-24(20-15-17-23(18-16-20)31-22-13-8-5-9-14-22)26(29)28-19(2)25(32-27(28)30)21-11-6-4-7-12-21/h3-9,11-19,24-25H,1,10H2,2H3/t19-,24-,25-/m1/s1. The van der Waals surface area contributed by atoms with Gasteiger partial charge in [-0.2, -0.15) is 0 Å². The van der Waals surface area contributed by atoms with Crippen LogP contribution in [0.2, 0.25) is 0 Å². The Bertz CT molecular complexity index is 1080. The summed E-state index contributed by atoms with van der Waals surface area (Å²) in [7, 11) is 0. The number of ether oxygens (including phenoxy) is 2. The molecular weight excluding hydrogens is 402 g/mol. The number of rotatable bonds is 7.